The second kappa shape index (κ2) is 7.48. The molecule has 2 fully saturated rings. The van der Waals surface area contributed by atoms with Crippen molar-refractivity contribution in [1.29, 1.82) is 0 Å². The van der Waals surface area contributed by atoms with Gasteiger partial charge < -0.3 is 14.8 Å². The average molecular weight is 382 g/mol. The highest BCUT2D eigenvalue weighted by Gasteiger charge is 2.34. The van der Waals surface area contributed by atoms with Gasteiger partial charge in [-0.05, 0) is 62.9 Å². The van der Waals surface area contributed by atoms with Crippen LogP contribution in [0.25, 0.3) is 11.0 Å². The van der Waals surface area contributed by atoms with Gasteiger partial charge in [0.2, 0.25) is 5.91 Å². The van der Waals surface area contributed by atoms with Crippen molar-refractivity contribution in [2.24, 2.45) is 5.92 Å². The summed E-state index contributed by atoms with van der Waals surface area (Å²) in [7, 11) is 0. The number of fused-ring (bicyclic) bond motifs is 4. The Morgan fingerprint density at radius 3 is 2.93 bits per heavy atom. The van der Waals surface area contributed by atoms with Gasteiger partial charge in [0.1, 0.15) is 5.82 Å². The number of nitrogens with zero attached hydrogens (tertiary/aromatic N) is 4. The Bertz CT molecular complexity index is 873. The van der Waals surface area contributed by atoms with E-state index in [4.69, 9.17) is 4.98 Å². The van der Waals surface area contributed by atoms with E-state index >= 15 is 0 Å². The van der Waals surface area contributed by atoms with E-state index in [9.17, 15) is 4.79 Å². The lowest BCUT2D eigenvalue weighted by Crippen LogP contribution is -2.51. The number of nitrogens with one attached hydrogen (secondary N) is 1. The van der Waals surface area contributed by atoms with Crippen LogP contribution in [0.4, 0.5) is 5.69 Å². The quantitative estimate of drug-likeness (QED) is 0.888. The van der Waals surface area contributed by atoms with Gasteiger partial charge in [-0.25, -0.2) is 4.98 Å². The molecule has 4 heterocycles. The highest BCUT2D eigenvalue weighted by atomic mass is 16.1. The minimum atomic E-state index is -0.0428. The summed E-state index contributed by atoms with van der Waals surface area (Å²) < 4.78 is 2.36. The molecule has 2 atom stereocenters. The third-order valence-corrected chi connectivity index (χ3v) is 6.87. The first-order valence-electron chi connectivity index (χ1n) is 10.9. The van der Waals surface area contributed by atoms with Crippen LogP contribution in [0.3, 0.4) is 0 Å². The number of benzene rings is 1. The first kappa shape index (κ1) is 18.1. The molecule has 0 unspecified atom stereocenters. The molecule has 3 aliphatic rings. The fourth-order valence-corrected chi connectivity index (χ4v) is 5.63. The van der Waals surface area contributed by atoms with Gasteiger partial charge in [-0.2, -0.15) is 0 Å². The average Bonchev–Trinajstić information content (AvgIpc) is 3.04. The van der Waals surface area contributed by atoms with E-state index in [1.165, 1.54) is 57.3 Å². The lowest BCUT2D eigenvalue weighted by molar-refractivity contribution is -0.114. The molecule has 6 heteroatoms. The molecule has 6 nitrogen and oxygen atoms in total. The van der Waals surface area contributed by atoms with Gasteiger partial charge in [-0.15, -0.1) is 0 Å². The summed E-state index contributed by atoms with van der Waals surface area (Å²) in [5.41, 5.74) is 2.99. The van der Waals surface area contributed by atoms with E-state index in [1.54, 1.807) is 6.92 Å². The number of hydrogen-bond donors (Lipinski definition) is 1. The number of piperidine rings is 2. The molecule has 5 rings (SSSR count). The van der Waals surface area contributed by atoms with Gasteiger partial charge in [0.05, 0.1) is 17.6 Å². The summed E-state index contributed by atoms with van der Waals surface area (Å²) in [6.45, 7) is 8.43. The van der Waals surface area contributed by atoms with Gasteiger partial charge >= 0.3 is 0 Å². The highest BCUT2D eigenvalue weighted by molar-refractivity contribution is 5.91. The molecule has 0 spiro atoms. The van der Waals surface area contributed by atoms with Crippen LogP contribution in [0.15, 0.2) is 18.2 Å². The minimum absolute atomic E-state index is 0.0428. The lowest BCUT2D eigenvalue weighted by Gasteiger charge is -2.46. The first-order valence-corrected chi connectivity index (χ1v) is 10.9. The Balaban J connectivity index is 1.31. The van der Waals surface area contributed by atoms with Crippen LogP contribution >= 0.6 is 0 Å². The lowest BCUT2D eigenvalue weighted by atomic mass is 9.83. The minimum Gasteiger partial charge on any atom is -0.326 e. The zero-order chi connectivity index (χ0) is 19.1. The van der Waals surface area contributed by atoms with Gasteiger partial charge in [0, 0.05) is 38.3 Å². The summed E-state index contributed by atoms with van der Waals surface area (Å²) in [6.07, 6.45) is 6.93. The summed E-state index contributed by atoms with van der Waals surface area (Å²) in [4.78, 5) is 21.6. The van der Waals surface area contributed by atoms with Crippen LogP contribution in [0.1, 0.15) is 44.9 Å². The molecule has 2 saturated heterocycles. The highest BCUT2D eigenvalue weighted by Crippen LogP contribution is 2.32. The Morgan fingerprint density at radius 1 is 1.14 bits per heavy atom. The second-order valence-corrected chi connectivity index (χ2v) is 8.80. The summed E-state index contributed by atoms with van der Waals surface area (Å²) in [5.74, 6) is 1.94. The van der Waals surface area contributed by atoms with E-state index in [2.05, 4.69) is 25.8 Å². The molecule has 0 aliphatic carbocycles. The van der Waals surface area contributed by atoms with Crippen molar-refractivity contribution in [3.05, 3.63) is 24.0 Å². The van der Waals surface area contributed by atoms with Crippen molar-refractivity contribution >= 4 is 22.6 Å². The maximum atomic E-state index is 11.3. The number of hydrogen-bond acceptors (Lipinski definition) is 4. The van der Waals surface area contributed by atoms with Gasteiger partial charge in [0.15, 0.2) is 0 Å². The molecule has 0 radical (unpaired) electrons. The van der Waals surface area contributed by atoms with Gasteiger partial charge in [-0.3, -0.25) is 9.69 Å². The summed E-state index contributed by atoms with van der Waals surface area (Å²) in [5, 5.41) is 2.86. The van der Waals surface area contributed by atoms with Crippen molar-refractivity contribution in [3.63, 3.8) is 0 Å². The number of imidazole rings is 1. The van der Waals surface area contributed by atoms with Crippen LogP contribution in [0.2, 0.25) is 0 Å². The number of carbonyl (C=O) groups is 1. The van der Waals surface area contributed by atoms with E-state index in [1.807, 2.05) is 12.1 Å². The maximum absolute atomic E-state index is 11.3. The zero-order valence-corrected chi connectivity index (χ0v) is 16.9. The van der Waals surface area contributed by atoms with E-state index < -0.39 is 0 Å². The predicted molar refractivity (Wildman–Crippen MR) is 111 cm³/mol. The molecule has 2 aromatic rings. The fraction of sp³-hybridized carbons (Fsp3) is 0.636. The maximum Gasteiger partial charge on any atom is 0.221 e. The van der Waals surface area contributed by atoms with Crippen molar-refractivity contribution in [3.8, 4) is 0 Å². The standard InChI is InChI=1S/C22H31N5O/c1-16(28)23-18-7-8-21-19(13-18)24-22-15-25(11-12-27(21)22)14-17-5-4-10-26-9-3-2-6-20(17)26/h7-8,13,17,20H,2-6,9-12,14-15H2,1H3,(H,23,28)/t17-,20-/m0/s1. The van der Waals surface area contributed by atoms with Crippen molar-refractivity contribution in [1.82, 2.24) is 19.4 Å². The third-order valence-electron chi connectivity index (χ3n) is 6.87. The Hall–Kier alpha value is -1.92. The zero-order valence-electron chi connectivity index (χ0n) is 16.9. The Morgan fingerprint density at radius 2 is 2.04 bits per heavy atom. The van der Waals surface area contributed by atoms with Gasteiger partial charge in [0.25, 0.3) is 0 Å². The molecule has 150 valence electrons. The number of amides is 1. The second-order valence-electron chi connectivity index (χ2n) is 8.80. The number of rotatable bonds is 3. The normalized spacial score (nSPS) is 26.0. The van der Waals surface area contributed by atoms with Crippen LogP contribution in [-0.2, 0) is 17.9 Å². The third kappa shape index (κ3) is 3.44. The topological polar surface area (TPSA) is 53.4 Å². The van der Waals surface area contributed by atoms with E-state index in [0.29, 0.717) is 0 Å². The van der Waals surface area contributed by atoms with E-state index in [-0.39, 0.29) is 5.91 Å². The molecule has 1 aromatic heterocycles. The van der Waals surface area contributed by atoms with Crippen LogP contribution in [0.5, 0.6) is 0 Å². The van der Waals surface area contributed by atoms with Crippen molar-refractivity contribution in [2.45, 2.75) is 58.2 Å². The molecule has 1 amide bonds. The van der Waals surface area contributed by atoms with E-state index in [0.717, 1.165) is 48.6 Å². The number of aromatic nitrogens is 2. The van der Waals surface area contributed by atoms with Crippen molar-refractivity contribution < 1.29 is 4.79 Å². The van der Waals surface area contributed by atoms with Crippen molar-refractivity contribution in [2.75, 3.05) is 31.5 Å². The monoisotopic (exact) mass is 381 g/mol. The van der Waals surface area contributed by atoms with Crippen LogP contribution in [0, 0.1) is 5.92 Å². The van der Waals surface area contributed by atoms with Gasteiger partial charge in [-0.1, -0.05) is 6.42 Å². The Kier molecular flexibility index (Phi) is 4.85. The molecular weight excluding hydrogens is 350 g/mol. The fourth-order valence-electron chi connectivity index (χ4n) is 5.63. The number of carbonyl (C=O) groups excluding carboxylic acids is 1. The smallest absolute Gasteiger partial charge is 0.221 e. The molecule has 1 aromatic carbocycles. The largest absolute Gasteiger partial charge is 0.326 e. The Labute approximate surface area is 166 Å². The molecule has 0 bridgehead atoms. The molecular formula is C22H31N5O. The number of anilines is 1. The molecule has 1 N–H and O–H groups in total. The molecule has 3 aliphatic heterocycles. The van der Waals surface area contributed by atoms with Crippen LogP contribution in [-0.4, -0.2) is 57.5 Å². The summed E-state index contributed by atoms with van der Waals surface area (Å²) >= 11 is 0. The SMILES string of the molecule is CC(=O)Nc1ccc2c(c1)nc1n2CCN(C[C@@H]2CCCN3CCCC[C@@H]23)C1. The molecule has 28 heavy (non-hydrogen) atoms. The van der Waals surface area contributed by atoms with Crippen LogP contribution < -0.4 is 5.32 Å². The molecule has 0 saturated carbocycles. The summed E-state index contributed by atoms with van der Waals surface area (Å²) in [6, 6.07) is 6.87. The first-order chi connectivity index (χ1) is 13.7. The predicted octanol–water partition coefficient (Wildman–Crippen LogP) is 3.07.